The average Bonchev–Trinajstić information content (AvgIpc) is 1.81. The highest BCUT2D eigenvalue weighted by molar-refractivity contribution is 4.83. The molecule has 0 aliphatic carbocycles. The van der Waals surface area contributed by atoms with Crippen molar-refractivity contribution in [3.8, 4) is 0 Å². The van der Waals surface area contributed by atoms with E-state index < -0.39 is 0 Å². The molecule has 0 bridgehead atoms. The van der Waals surface area contributed by atoms with E-state index in [2.05, 4.69) is 38.2 Å². The predicted molar refractivity (Wildman–Crippen MR) is 38.9 cm³/mol. The summed E-state index contributed by atoms with van der Waals surface area (Å²) in [6, 6.07) is 0. The Labute approximate surface area is 51.9 Å². The lowest BCUT2D eigenvalue weighted by molar-refractivity contribution is 1.05. The average molecular weight is 110 g/mol. The Morgan fingerprint density at radius 3 is 1.50 bits per heavy atom. The summed E-state index contributed by atoms with van der Waals surface area (Å²) < 4.78 is 0. The number of hydrogen-bond donors (Lipinski definition) is 0. The zero-order valence-corrected chi connectivity index (χ0v) is 5.72. The molecule has 0 aromatic heterocycles. The van der Waals surface area contributed by atoms with Crippen LogP contribution in [0.4, 0.5) is 0 Å². The van der Waals surface area contributed by atoms with E-state index in [1.165, 1.54) is 12.8 Å². The Kier molecular flexibility index (Phi) is 6.06. The number of rotatable bonds is 3. The quantitative estimate of drug-likeness (QED) is 0.387. The minimum Gasteiger partial charge on any atom is -0.0917 e. The molecule has 0 heterocycles. The summed E-state index contributed by atoms with van der Waals surface area (Å²) in [5.74, 6) is 0. The van der Waals surface area contributed by atoms with Crippen molar-refractivity contribution in [2.75, 3.05) is 0 Å². The second-order valence-electron chi connectivity index (χ2n) is 1.72. The number of allylic oxidation sites excluding steroid dienone is 4. The van der Waals surface area contributed by atoms with Crippen LogP contribution < -0.4 is 0 Å². The molecule has 0 saturated heterocycles. The van der Waals surface area contributed by atoms with Crippen LogP contribution in [0.25, 0.3) is 0 Å². The van der Waals surface area contributed by atoms with Gasteiger partial charge in [0.05, 0.1) is 0 Å². The Bertz CT molecular complexity index is 66.0. The third-order valence-corrected chi connectivity index (χ3v) is 0.971. The van der Waals surface area contributed by atoms with Gasteiger partial charge in [-0.25, -0.2) is 0 Å². The smallest absolute Gasteiger partial charge is 0.0316 e. The van der Waals surface area contributed by atoms with E-state index in [0.717, 1.165) is 0 Å². The van der Waals surface area contributed by atoms with Gasteiger partial charge in [0.2, 0.25) is 0 Å². The largest absolute Gasteiger partial charge is 0.0917 e. The molecule has 0 unspecified atom stereocenters. The van der Waals surface area contributed by atoms with E-state index in [1.807, 2.05) is 0 Å². The van der Waals surface area contributed by atoms with E-state index >= 15 is 0 Å². The van der Waals surface area contributed by atoms with Crippen molar-refractivity contribution in [2.24, 2.45) is 0 Å². The summed E-state index contributed by atoms with van der Waals surface area (Å²) in [5, 5.41) is 0. The molecule has 0 aliphatic rings. The summed E-state index contributed by atoms with van der Waals surface area (Å²) in [7, 11) is 0. The lowest BCUT2D eigenvalue weighted by atomic mass is 10.3. The Balaban J connectivity index is 2.93. The lowest BCUT2D eigenvalue weighted by Crippen LogP contribution is -1.60. The summed E-state index contributed by atoms with van der Waals surface area (Å²) in [5.41, 5.74) is 0. The molecule has 0 atom stereocenters. The Morgan fingerprint density at radius 2 is 1.25 bits per heavy atom. The molecular weight excluding hydrogens is 96.1 g/mol. The van der Waals surface area contributed by atoms with Gasteiger partial charge in [-0.3, -0.25) is 0 Å². The first-order chi connectivity index (χ1) is 3.91. The first-order valence-corrected chi connectivity index (χ1v) is 3.14. The molecule has 8 heavy (non-hydrogen) atoms. The van der Waals surface area contributed by atoms with Crippen LogP contribution in [0.5, 0.6) is 0 Å². The fourth-order valence-electron chi connectivity index (χ4n) is 0.526. The molecule has 0 aromatic carbocycles. The van der Waals surface area contributed by atoms with Crippen LogP contribution in [-0.2, 0) is 0 Å². The molecule has 0 aliphatic heterocycles. The van der Waals surface area contributed by atoms with E-state index in [4.69, 9.17) is 0 Å². The van der Waals surface area contributed by atoms with Gasteiger partial charge in [0.15, 0.2) is 0 Å². The van der Waals surface area contributed by atoms with Gasteiger partial charge in [-0.1, -0.05) is 24.3 Å². The minimum absolute atomic E-state index is 1.18. The van der Waals surface area contributed by atoms with E-state index in [1.54, 1.807) is 0 Å². The molecule has 0 N–H and O–H groups in total. The third-order valence-electron chi connectivity index (χ3n) is 0.971. The molecule has 0 nitrogen and oxygen atoms in total. The maximum atomic E-state index is 2.18. The normalized spacial score (nSPS) is 11.8. The second-order valence-corrected chi connectivity index (χ2v) is 1.72. The van der Waals surface area contributed by atoms with Crippen LogP contribution >= 0.6 is 0 Å². The third kappa shape index (κ3) is 5.48. The molecule has 0 fully saturated rings. The first kappa shape index (κ1) is 7.48. The maximum absolute atomic E-state index is 2.18. The molecule has 0 amide bonds. The molecule has 0 rings (SSSR count). The first-order valence-electron chi connectivity index (χ1n) is 3.14. The molecule has 0 spiro atoms. The Morgan fingerprint density at radius 1 is 0.875 bits per heavy atom. The van der Waals surface area contributed by atoms with Crippen molar-refractivity contribution < 1.29 is 0 Å². The lowest BCUT2D eigenvalue weighted by Gasteiger charge is -1.81. The monoisotopic (exact) mass is 110 g/mol. The van der Waals surface area contributed by atoms with Crippen LogP contribution in [-0.4, -0.2) is 0 Å². The highest BCUT2D eigenvalue weighted by Crippen LogP contribution is 1.90. The van der Waals surface area contributed by atoms with Gasteiger partial charge in [0.1, 0.15) is 0 Å². The van der Waals surface area contributed by atoms with Gasteiger partial charge in [-0.15, -0.1) is 0 Å². The second kappa shape index (κ2) is 6.48. The molecule has 0 aromatic rings. The van der Waals surface area contributed by atoms with E-state index in [9.17, 15) is 0 Å². The maximum Gasteiger partial charge on any atom is -0.0316 e. The van der Waals surface area contributed by atoms with Crippen molar-refractivity contribution in [1.29, 1.82) is 0 Å². The van der Waals surface area contributed by atoms with Crippen molar-refractivity contribution >= 4 is 0 Å². The van der Waals surface area contributed by atoms with Crippen LogP contribution in [0.2, 0.25) is 0 Å². The van der Waals surface area contributed by atoms with E-state index in [0.29, 0.717) is 0 Å². The van der Waals surface area contributed by atoms with Crippen LogP contribution in [0, 0.1) is 0 Å². The molecule has 46 valence electrons. The molecular formula is C8H14. The van der Waals surface area contributed by atoms with E-state index in [-0.39, 0.29) is 0 Å². The van der Waals surface area contributed by atoms with Gasteiger partial charge < -0.3 is 0 Å². The molecule has 0 heteroatoms. The van der Waals surface area contributed by atoms with Crippen molar-refractivity contribution in [1.82, 2.24) is 0 Å². The Hall–Kier alpha value is -0.520. The van der Waals surface area contributed by atoms with Crippen LogP contribution in [0.15, 0.2) is 24.3 Å². The fourth-order valence-corrected chi connectivity index (χ4v) is 0.526. The van der Waals surface area contributed by atoms with Gasteiger partial charge in [-0.05, 0) is 26.7 Å². The summed E-state index contributed by atoms with van der Waals surface area (Å²) >= 11 is 0. The van der Waals surface area contributed by atoms with Gasteiger partial charge in [-0.2, -0.15) is 0 Å². The number of unbranched alkanes of at least 4 members (excludes halogenated alkanes) is 1. The van der Waals surface area contributed by atoms with Gasteiger partial charge >= 0.3 is 0 Å². The predicted octanol–water partition coefficient (Wildman–Crippen LogP) is 2.92. The summed E-state index contributed by atoms with van der Waals surface area (Å²) in [6.07, 6.45) is 10.9. The molecule has 0 saturated carbocycles. The van der Waals surface area contributed by atoms with Crippen molar-refractivity contribution in [3.63, 3.8) is 0 Å². The fraction of sp³-hybridized carbons (Fsp3) is 0.500. The van der Waals surface area contributed by atoms with Crippen LogP contribution in [0.3, 0.4) is 0 Å². The highest BCUT2D eigenvalue weighted by Gasteiger charge is 1.70. The van der Waals surface area contributed by atoms with Crippen LogP contribution in [0.1, 0.15) is 26.7 Å². The molecule has 0 radical (unpaired) electrons. The SMILES string of the molecule is C/C=C\CC/C=C\C. The van der Waals surface area contributed by atoms with Crippen molar-refractivity contribution in [3.05, 3.63) is 24.3 Å². The highest BCUT2D eigenvalue weighted by atomic mass is 13.8. The zero-order chi connectivity index (χ0) is 6.24. The van der Waals surface area contributed by atoms with Gasteiger partial charge in [0.25, 0.3) is 0 Å². The summed E-state index contributed by atoms with van der Waals surface area (Å²) in [4.78, 5) is 0. The minimum atomic E-state index is 1.18. The topological polar surface area (TPSA) is 0 Å². The number of hydrogen-bond acceptors (Lipinski definition) is 0. The van der Waals surface area contributed by atoms with Gasteiger partial charge in [0, 0.05) is 0 Å². The zero-order valence-electron chi connectivity index (χ0n) is 5.72. The summed E-state index contributed by atoms with van der Waals surface area (Å²) in [6.45, 7) is 4.10. The van der Waals surface area contributed by atoms with Crippen molar-refractivity contribution in [2.45, 2.75) is 26.7 Å². The standard InChI is InChI=1S/C8H14/c1-3-5-7-8-6-4-2/h3-6H,7-8H2,1-2H3/b5-3-,6-4-.